The number of hydrogen-bond donors (Lipinski definition) is 2. The summed E-state index contributed by atoms with van der Waals surface area (Å²) >= 11 is 12.0. The highest BCUT2D eigenvalue weighted by molar-refractivity contribution is 7.92. The van der Waals surface area contributed by atoms with E-state index in [1.54, 1.807) is 24.3 Å². The summed E-state index contributed by atoms with van der Waals surface area (Å²) in [6, 6.07) is 15.6. The Balaban J connectivity index is 1.91. The molecule has 3 aromatic rings. The van der Waals surface area contributed by atoms with Crippen molar-refractivity contribution in [3.63, 3.8) is 0 Å². The highest BCUT2D eigenvalue weighted by Gasteiger charge is 2.19. The Bertz CT molecular complexity index is 1200. The van der Waals surface area contributed by atoms with E-state index in [-0.39, 0.29) is 21.2 Å². The molecule has 6 nitrogen and oxygen atoms in total. The Morgan fingerprint density at radius 3 is 2.30 bits per heavy atom. The van der Waals surface area contributed by atoms with Crippen LogP contribution < -0.4 is 14.8 Å². The number of aryl methyl sites for hydroxylation is 1. The standard InChI is InChI=1S/C21H18Cl2N2O4S/c1-13-3-6-15(7-4-13)25-30(27,28)16-8-10-20(29-2)19(12-16)24-21(26)17-9-5-14(22)11-18(17)23/h3-12,25H,1-2H3,(H,24,26). The van der Waals surface area contributed by atoms with E-state index in [2.05, 4.69) is 10.0 Å². The molecule has 3 aromatic carbocycles. The molecule has 0 saturated heterocycles. The highest BCUT2D eigenvalue weighted by atomic mass is 35.5. The lowest BCUT2D eigenvalue weighted by Gasteiger charge is -2.14. The molecule has 0 heterocycles. The Morgan fingerprint density at radius 1 is 0.967 bits per heavy atom. The number of carbonyl (C=O) groups excluding carboxylic acids is 1. The molecule has 30 heavy (non-hydrogen) atoms. The summed E-state index contributed by atoms with van der Waals surface area (Å²) in [4.78, 5) is 12.6. The van der Waals surface area contributed by atoms with E-state index < -0.39 is 15.9 Å². The van der Waals surface area contributed by atoms with Gasteiger partial charge in [-0.3, -0.25) is 9.52 Å². The smallest absolute Gasteiger partial charge is 0.261 e. The molecule has 0 aromatic heterocycles. The molecule has 0 bridgehead atoms. The van der Waals surface area contributed by atoms with Crippen LogP contribution in [0.25, 0.3) is 0 Å². The Hall–Kier alpha value is -2.74. The van der Waals surface area contributed by atoms with E-state index in [1.807, 2.05) is 6.92 Å². The molecule has 2 N–H and O–H groups in total. The second-order valence-corrected chi connectivity index (χ2v) is 8.94. The molecular formula is C21H18Cl2N2O4S. The Morgan fingerprint density at radius 2 is 1.67 bits per heavy atom. The summed E-state index contributed by atoms with van der Waals surface area (Å²) in [7, 11) is -2.47. The number of nitrogens with one attached hydrogen (secondary N) is 2. The maximum absolute atomic E-state index is 12.8. The predicted molar refractivity (Wildman–Crippen MR) is 119 cm³/mol. The maximum atomic E-state index is 12.8. The largest absolute Gasteiger partial charge is 0.495 e. The minimum Gasteiger partial charge on any atom is -0.495 e. The van der Waals surface area contributed by atoms with E-state index in [0.29, 0.717) is 16.5 Å². The Labute approximate surface area is 184 Å². The van der Waals surface area contributed by atoms with Gasteiger partial charge < -0.3 is 10.1 Å². The van der Waals surface area contributed by atoms with Crippen molar-refractivity contribution in [2.24, 2.45) is 0 Å². The van der Waals surface area contributed by atoms with Gasteiger partial charge in [0.25, 0.3) is 15.9 Å². The predicted octanol–water partition coefficient (Wildman–Crippen LogP) is 5.36. The lowest BCUT2D eigenvalue weighted by molar-refractivity contribution is 0.102. The number of methoxy groups -OCH3 is 1. The maximum Gasteiger partial charge on any atom is 0.261 e. The fourth-order valence-electron chi connectivity index (χ4n) is 2.65. The summed E-state index contributed by atoms with van der Waals surface area (Å²) in [6.45, 7) is 1.91. The summed E-state index contributed by atoms with van der Waals surface area (Å²) < 4.78 is 33.3. The van der Waals surface area contributed by atoms with E-state index in [1.165, 1.54) is 43.5 Å². The van der Waals surface area contributed by atoms with Crippen LogP contribution in [0.5, 0.6) is 5.75 Å². The van der Waals surface area contributed by atoms with E-state index in [4.69, 9.17) is 27.9 Å². The van der Waals surface area contributed by atoms with Crippen molar-refractivity contribution in [3.8, 4) is 5.75 Å². The van der Waals surface area contributed by atoms with Crippen LogP contribution in [-0.4, -0.2) is 21.4 Å². The van der Waals surface area contributed by atoms with Crippen LogP contribution in [0.15, 0.2) is 65.6 Å². The number of carbonyl (C=O) groups is 1. The topological polar surface area (TPSA) is 84.5 Å². The summed E-state index contributed by atoms with van der Waals surface area (Å²) in [5, 5.41) is 3.20. The molecule has 0 aliphatic carbocycles. The van der Waals surface area contributed by atoms with Crippen molar-refractivity contribution < 1.29 is 17.9 Å². The fourth-order valence-corrected chi connectivity index (χ4v) is 4.23. The number of benzene rings is 3. The van der Waals surface area contributed by atoms with Gasteiger partial charge in [-0.1, -0.05) is 40.9 Å². The zero-order chi connectivity index (χ0) is 21.9. The average molecular weight is 465 g/mol. The van der Waals surface area contributed by atoms with Crippen molar-refractivity contribution in [1.82, 2.24) is 0 Å². The van der Waals surface area contributed by atoms with Crippen molar-refractivity contribution >= 4 is 50.5 Å². The third-order valence-electron chi connectivity index (χ3n) is 4.21. The molecule has 0 fully saturated rings. The highest BCUT2D eigenvalue weighted by Crippen LogP contribution is 2.30. The first-order valence-corrected chi connectivity index (χ1v) is 11.0. The van der Waals surface area contributed by atoms with Crippen LogP contribution in [0.1, 0.15) is 15.9 Å². The summed E-state index contributed by atoms with van der Waals surface area (Å²) in [5.74, 6) is -0.237. The molecule has 9 heteroatoms. The van der Waals surface area contributed by atoms with Gasteiger partial charge in [0.15, 0.2) is 0 Å². The minimum absolute atomic E-state index is 0.0404. The molecule has 3 rings (SSSR count). The lowest BCUT2D eigenvalue weighted by atomic mass is 10.2. The number of ether oxygens (including phenoxy) is 1. The number of amides is 1. The number of sulfonamides is 1. The minimum atomic E-state index is -3.89. The van der Waals surface area contributed by atoms with Gasteiger partial charge >= 0.3 is 0 Å². The second kappa shape index (κ2) is 8.95. The van der Waals surface area contributed by atoms with Gasteiger partial charge in [-0.25, -0.2) is 8.42 Å². The van der Waals surface area contributed by atoms with E-state index in [9.17, 15) is 13.2 Å². The van der Waals surface area contributed by atoms with E-state index in [0.717, 1.165) is 5.56 Å². The Kier molecular flexibility index (Phi) is 6.55. The fraction of sp³-hybridized carbons (Fsp3) is 0.0952. The van der Waals surface area contributed by atoms with Crippen molar-refractivity contribution in [2.75, 3.05) is 17.1 Å². The molecule has 0 aliphatic heterocycles. The summed E-state index contributed by atoms with van der Waals surface area (Å²) in [6.07, 6.45) is 0. The first kappa shape index (κ1) is 22.0. The number of anilines is 2. The normalized spacial score (nSPS) is 11.1. The number of rotatable bonds is 6. The van der Waals surface area contributed by atoms with Crippen LogP contribution in [0, 0.1) is 6.92 Å². The molecule has 0 unspecified atom stereocenters. The van der Waals surface area contributed by atoms with Gasteiger partial charge in [-0.2, -0.15) is 0 Å². The van der Waals surface area contributed by atoms with Crippen LogP contribution in [-0.2, 0) is 10.0 Å². The van der Waals surface area contributed by atoms with Gasteiger partial charge in [-0.05, 0) is 55.5 Å². The molecule has 0 spiro atoms. The van der Waals surface area contributed by atoms with Crippen LogP contribution in [0.2, 0.25) is 10.0 Å². The average Bonchev–Trinajstić information content (AvgIpc) is 2.69. The zero-order valence-corrected chi connectivity index (χ0v) is 18.4. The number of hydrogen-bond acceptors (Lipinski definition) is 4. The van der Waals surface area contributed by atoms with Gasteiger partial charge in [0, 0.05) is 10.7 Å². The molecule has 0 saturated carbocycles. The quantitative estimate of drug-likeness (QED) is 0.513. The second-order valence-electron chi connectivity index (χ2n) is 6.41. The first-order chi connectivity index (χ1) is 14.2. The van der Waals surface area contributed by atoms with Crippen molar-refractivity contribution in [2.45, 2.75) is 11.8 Å². The van der Waals surface area contributed by atoms with Crippen molar-refractivity contribution in [3.05, 3.63) is 81.8 Å². The van der Waals surface area contributed by atoms with Gasteiger partial charge in [0.05, 0.1) is 28.3 Å². The number of halogens is 2. The zero-order valence-electron chi connectivity index (χ0n) is 16.1. The van der Waals surface area contributed by atoms with Crippen LogP contribution in [0.3, 0.4) is 0 Å². The monoisotopic (exact) mass is 464 g/mol. The molecular weight excluding hydrogens is 447 g/mol. The SMILES string of the molecule is COc1ccc(S(=O)(=O)Nc2ccc(C)cc2)cc1NC(=O)c1ccc(Cl)cc1Cl. The lowest BCUT2D eigenvalue weighted by Crippen LogP contribution is -2.16. The molecule has 1 amide bonds. The molecule has 156 valence electrons. The molecule has 0 atom stereocenters. The van der Waals surface area contributed by atoms with Gasteiger partial charge in [0.2, 0.25) is 0 Å². The third-order valence-corrected chi connectivity index (χ3v) is 6.14. The van der Waals surface area contributed by atoms with Crippen LogP contribution >= 0.6 is 23.2 Å². The summed E-state index contributed by atoms with van der Waals surface area (Å²) in [5.41, 5.74) is 1.80. The first-order valence-electron chi connectivity index (χ1n) is 8.73. The van der Waals surface area contributed by atoms with Gasteiger partial charge in [-0.15, -0.1) is 0 Å². The van der Waals surface area contributed by atoms with Gasteiger partial charge in [0.1, 0.15) is 5.75 Å². The van der Waals surface area contributed by atoms with Crippen LogP contribution in [0.4, 0.5) is 11.4 Å². The van der Waals surface area contributed by atoms with E-state index >= 15 is 0 Å². The molecule has 0 radical (unpaired) electrons. The third kappa shape index (κ3) is 5.05. The molecule has 0 aliphatic rings. The van der Waals surface area contributed by atoms with Crippen molar-refractivity contribution in [1.29, 1.82) is 0 Å².